The molecule has 2 unspecified atom stereocenters. The molecule has 212 valence electrons. The van der Waals surface area contributed by atoms with E-state index in [1.807, 2.05) is 44.2 Å². The van der Waals surface area contributed by atoms with Gasteiger partial charge in [-0.2, -0.15) is 0 Å². The van der Waals surface area contributed by atoms with Crippen molar-refractivity contribution in [2.24, 2.45) is 4.99 Å². The van der Waals surface area contributed by atoms with Crippen molar-refractivity contribution in [2.75, 3.05) is 29.0 Å². The lowest BCUT2D eigenvalue weighted by Crippen LogP contribution is -2.40. The summed E-state index contributed by atoms with van der Waals surface area (Å²) >= 11 is 6.51. The first-order valence-electron chi connectivity index (χ1n) is 13.8. The predicted octanol–water partition coefficient (Wildman–Crippen LogP) is 5.63. The number of benzene rings is 2. The van der Waals surface area contributed by atoms with Gasteiger partial charge in [0.05, 0.1) is 10.6 Å². The fraction of sp³-hybridized carbons (Fsp3) is 0.290. The van der Waals surface area contributed by atoms with E-state index in [2.05, 4.69) is 38.4 Å². The van der Waals surface area contributed by atoms with Gasteiger partial charge in [-0.3, -0.25) is 9.78 Å². The number of amidine groups is 1. The van der Waals surface area contributed by atoms with E-state index in [4.69, 9.17) is 16.6 Å². The minimum absolute atomic E-state index is 0.0771. The fourth-order valence-corrected chi connectivity index (χ4v) is 5.16. The van der Waals surface area contributed by atoms with Crippen LogP contribution >= 0.6 is 11.6 Å². The van der Waals surface area contributed by atoms with Crippen molar-refractivity contribution in [3.05, 3.63) is 94.8 Å². The van der Waals surface area contributed by atoms with Crippen molar-refractivity contribution in [1.29, 1.82) is 0 Å². The van der Waals surface area contributed by atoms with Crippen molar-refractivity contribution in [3.8, 4) is 0 Å². The number of aromatic nitrogens is 1. The number of fused-ring (bicyclic) bond motifs is 4. The van der Waals surface area contributed by atoms with E-state index in [-0.39, 0.29) is 24.1 Å². The van der Waals surface area contributed by atoms with E-state index >= 15 is 0 Å². The number of nitrogens with one attached hydrogen (secondary N) is 4. The predicted molar refractivity (Wildman–Crippen MR) is 165 cm³/mol. The van der Waals surface area contributed by atoms with Crippen LogP contribution in [0.4, 0.5) is 21.9 Å². The zero-order chi connectivity index (χ0) is 28.8. The number of aliphatic imine (C=N–C) groups is 1. The molecule has 10 heteroatoms. The fourth-order valence-electron chi connectivity index (χ4n) is 5.07. The average Bonchev–Trinajstić information content (AvgIpc) is 3.44. The number of carbonyl (C=O) groups is 2. The van der Waals surface area contributed by atoms with Crippen LogP contribution in [0, 0.1) is 0 Å². The first-order chi connectivity index (χ1) is 19.9. The van der Waals surface area contributed by atoms with Gasteiger partial charge in [0.1, 0.15) is 12.0 Å². The number of likely N-dealkylation sites (tertiary alicyclic amines) is 1. The Kier molecular flexibility index (Phi) is 8.84. The Bertz CT molecular complexity index is 1470. The molecule has 0 aliphatic carbocycles. The highest BCUT2D eigenvalue weighted by Gasteiger charge is 2.28. The minimum atomic E-state index is -0.301. The molecule has 1 fully saturated rings. The number of pyridine rings is 1. The van der Waals surface area contributed by atoms with Crippen molar-refractivity contribution in [1.82, 2.24) is 15.2 Å². The maximum Gasteiger partial charge on any atom is 0.319 e. The molecule has 3 amide bonds. The summed E-state index contributed by atoms with van der Waals surface area (Å²) in [6, 6.07) is 17.1. The zero-order valence-corrected chi connectivity index (χ0v) is 23.9. The van der Waals surface area contributed by atoms with Crippen molar-refractivity contribution < 1.29 is 9.59 Å². The van der Waals surface area contributed by atoms with E-state index in [1.165, 1.54) is 5.56 Å². The van der Waals surface area contributed by atoms with Crippen molar-refractivity contribution in [3.63, 3.8) is 0 Å². The third-order valence-electron chi connectivity index (χ3n) is 7.12. The van der Waals surface area contributed by atoms with Gasteiger partial charge in [0.2, 0.25) is 0 Å². The molecule has 1 aromatic heterocycles. The van der Waals surface area contributed by atoms with Gasteiger partial charge in [0.25, 0.3) is 5.91 Å². The van der Waals surface area contributed by atoms with E-state index < -0.39 is 0 Å². The summed E-state index contributed by atoms with van der Waals surface area (Å²) in [5.41, 5.74) is 5.23. The number of aryl methyl sites for hydroxylation is 2. The van der Waals surface area contributed by atoms with Gasteiger partial charge < -0.3 is 26.2 Å². The number of hydrogen-bond donors (Lipinski definition) is 4. The molecule has 4 N–H and O–H groups in total. The van der Waals surface area contributed by atoms with E-state index in [0.29, 0.717) is 42.4 Å². The maximum absolute atomic E-state index is 13.1. The third-order valence-corrected chi connectivity index (χ3v) is 7.52. The highest BCUT2D eigenvalue weighted by Crippen LogP contribution is 2.25. The normalized spacial score (nSPS) is 20.2. The summed E-state index contributed by atoms with van der Waals surface area (Å²) in [4.78, 5) is 36.4. The Morgan fingerprint density at radius 3 is 2.78 bits per heavy atom. The molecule has 5 rings (SSSR count). The zero-order valence-electron chi connectivity index (χ0n) is 23.2. The molecule has 4 bridgehead atoms. The van der Waals surface area contributed by atoms with Crippen LogP contribution in [0.3, 0.4) is 0 Å². The summed E-state index contributed by atoms with van der Waals surface area (Å²) in [6.07, 6.45) is 6.99. The minimum Gasteiger partial charge on any atom is -0.364 e. The number of anilines is 3. The molecule has 0 saturated carbocycles. The summed E-state index contributed by atoms with van der Waals surface area (Å²) < 4.78 is 0. The number of nitrogens with zero attached hydrogens (tertiary/aromatic N) is 3. The van der Waals surface area contributed by atoms with Crippen LogP contribution in [0.5, 0.6) is 0 Å². The lowest BCUT2D eigenvalue weighted by atomic mass is 10.0. The number of amides is 3. The van der Waals surface area contributed by atoms with Gasteiger partial charge in [-0.1, -0.05) is 29.8 Å². The molecule has 41 heavy (non-hydrogen) atoms. The molecule has 0 radical (unpaired) electrons. The van der Waals surface area contributed by atoms with E-state index in [1.54, 1.807) is 35.5 Å². The highest BCUT2D eigenvalue weighted by atomic mass is 35.5. The van der Waals surface area contributed by atoms with Crippen LogP contribution in [-0.2, 0) is 12.8 Å². The number of halogens is 1. The molecule has 2 aliphatic heterocycles. The van der Waals surface area contributed by atoms with E-state index in [9.17, 15) is 9.59 Å². The molecule has 0 spiro atoms. The van der Waals surface area contributed by atoms with Gasteiger partial charge in [0, 0.05) is 48.6 Å². The van der Waals surface area contributed by atoms with Crippen molar-refractivity contribution in [2.45, 2.75) is 45.3 Å². The Labute approximate surface area is 245 Å². The summed E-state index contributed by atoms with van der Waals surface area (Å²) in [5, 5.41) is 13.4. The van der Waals surface area contributed by atoms with Crippen LogP contribution in [0.25, 0.3) is 0 Å². The van der Waals surface area contributed by atoms with Gasteiger partial charge in [0.15, 0.2) is 0 Å². The Hall–Kier alpha value is -4.37. The quantitative estimate of drug-likeness (QED) is 0.324. The second-order valence-electron chi connectivity index (χ2n) is 10.2. The molecule has 9 nitrogen and oxygen atoms in total. The molecule has 2 aromatic carbocycles. The first kappa shape index (κ1) is 28.2. The molecule has 3 heterocycles. The molecule has 3 aromatic rings. The standard InChI is InChI=1S/C31H34ClN7O2/c1-3-27(32)29-35-20(2)34-24-8-4-6-21(16-24)9-10-22-17-25(36-29)11-12-28(22)38-31(41)37-26-13-15-39(19-26)30(40)23-7-5-14-33-18-23/h3-8,11-12,14,16-18,20,26,34H,9-10,13,15,19H2,1-2H3,(H,35,36)(H2,37,38,41)/b27-3+. The van der Waals surface area contributed by atoms with Crippen LogP contribution in [0.2, 0.25) is 0 Å². The Morgan fingerprint density at radius 1 is 1.10 bits per heavy atom. The average molecular weight is 572 g/mol. The smallest absolute Gasteiger partial charge is 0.319 e. The lowest BCUT2D eigenvalue weighted by molar-refractivity contribution is 0.0789. The van der Waals surface area contributed by atoms with Crippen LogP contribution in [0.15, 0.2) is 83.1 Å². The van der Waals surface area contributed by atoms with Gasteiger partial charge in [-0.05, 0) is 86.7 Å². The second-order valence-corrected chi connectivity index (χ2v) is 10.6. The molecule has 1 saturated heterocycles. The van der Waals surface area contributed by atoms with E-state index in [0.717, 1.165) is 29.0 Å². The number of rotatable bonds is 4. The molecular formula is C31H34ClN7O2. The van der Waals surface area contributed by atoms with Crippen LogP contribution < -0.4 is 21.3 Å². The number of hydrogen-bond acceptors (Lipinski definition) is 6. The maximum atomic E-state index is 13.1. The Balaban J connectivity index is 1.31. The Morgan fingerprint density at radius 2 is 1.98 bits per heavy atom. The third kappa shape index (κ3) is 7.24. The number of carbonyl (C=O) groups excluding carboxylic acids is 2. The first-order valence-corrected chi connectivity index (χ1v) is 14.2. The summed E-state index contributed by atoms with van der Waals surface area (Å²) in [6.45, 7) is 4.87. The topological polar surface area (TPSA) is 111 Å². The summed E-state index contributed by atoms with van der Waals surface area (Å²) in [5.74, 6) is 0.479. The van der Waals surface area contributed by atoms with Gasteiger partial charge >= 0.3 is 6.03 Å². The number of allylic oxidation sites excluding steroid dienone is 1. The summed E-state index contributed by atoms with van der Waals surface area (Å²) in [7, 11) is 0. The van der Waals surface area contributed by atoms with Crippen molar-refractivity contribution >= 4 is 46.4 Å². The molecular weight excluding hydrogens is 538 g/mol. The van der Waals surface area contributed by atoms with Gasteiger partial charge in [-0.15, -0.1) is 0 Å². The monoisotopic (exact) mass is 571 g/mol. The molecule has 2 atom stereocenters. The lowest BCUT2D eigenvalue weighted by Gasteiger charge is -2.19. The van der Waals surface area contributed by atoms with Gasteiger partial charge in [-0.25, -0.2) is 9.79 Å². The van der Waals surface area contributed by atoms with Crippen LogP contribution in [0.1, 0.15) is 41.8 Å². The number of urea groups is 1. The SMILES string of the molecule is C/C=C(Cl)\C1=N/C(C)Nc2cccc(c2)CCc2cc(ccc2NC(=O)NC2CCN(C(=O)c3cccnc3)C2)N1. The highest BCUT2D eigenvalue weighted by molar-refractivity contribution is 6.45. The molecule has 2 aliphatic rings. The van der Waals surface area contributed by atoms with Crippen LogP contribution in [-0.4, -0.2) is 53.0 Å². The largest absolute Gasteiger partial charge is 0.364 e. The second kappa shape index (κ2) is 12.9.